The SMILES string of the molecule is O=C(N[C@@H](CO)c1ccccc1)C(c1ccc(Cn2c3c(c4c(C(F)(F)F)ccnc42)CCCC3)cc1)C1CCCC1. The summed E-state index contributed by atoms with van der Waals surface area (Å²) in [7, 11) is 0. The number of aryl methyl sites for hydroxylation is 1. The minimum absolute atomic E-state index is 0.0908. The number of aliphatic hydroxyl groups excluding tert-OH is 1. The van der Waals surface area contributed by atoms with Crippen LogP contribution < -0.4 is 5.32 Å². The standard InChI is InChI=1S/C34H36F3N3O2/c35-34(36,37)27-18-19-38-32-31(27)26-12-6-7-13-29(26)40(32)20-22-14-16-25(17-15-22)30(24-10-4-5-11-24)33(42)39-28(21-41)23-8-2-1-3-9-23/h1-3,8-9,14-19,24,28,30,41H,4-7,10-13,20-21H2,(H,39,42)/t28-,30?/m0/s1. The fraction of sp³-hybridized carbons (Fsp3) is 0.412. The molecule has 5 nitrogen and oxygen atoms in total. The summed E-state index contributed by atoms with van der Waals surface area (Å²) in [5, 5.41) is 13.4. The van der Waals surface area contributed by atoms with Gasteiger partial charge in [-0.15, -0.1) is 0 Å². The monoisotopic (exact) mass is 575 g/mol. The molecule has 2 aliphatic carbocycles. The normalized spacial score (nSPS) is 17.2. The van der Waals surface area contributed by atoms with E-state index in [4.69, 9.17) is 0 Å². The average molecular weight is 576 g/mol. The van der Waals surface area contributed by atoms with Crippen molar-refractivity contribution in [3.05, 3.63) is 100 Å². The van der Waals surface area contributed by atoms with E-state index in [1.807, 2.05) is 59.2 Å². The number of amides is 1. The Morgan fingerprint density at radius 2 is 1.67 bits per heavy atom. The van der Waals surface area contributed by atoms with Crippen molar-refractivity contribution in [2.24, 2.45) is 5.92 Å². The highest BCUT2D eigenvalue weighted by Gasteiger charge is 2.36. The van der Waals surface area contributed by atoms with Gasteiger partial charge in [0.15, 0.2) is 0 Å². The lowest BCUT2D eigenvalue weighted by molar-refractivity contribution is -0.136. The van der Waals surface area contributed by atoms with E-state index in [0.29, 0.717) is 18.6 Å². The summed E-state index contributed by atoms with van der Waals surface area (Å²) in [5.41, 5.74) is 4.24. The average Bonchev–Trinajstić information content (AvgIpc) is 3.64. The van der Waals surface area contributed by atoms with Gasteiger partial charge in [0.05, 0.1) is 24.1 Å². The van der Waals surface area contributed by atoms with Crippen LogP contribution in [0.25, 0.3) is 11.0 Å². The van der Waals surface area contributed by atoms with Crippen molar-refractivity contribution in [1.29, 1.82) is 0 Å². The number of benzene rings is 2. The number of hydrogen-bond acceptors (Lipinski definition) is 3. The summed E-state index contributed by atoms with van der Waals surface area (Å²) in [4.78, 5) is 18.1. The van der Waals surface area contributed by atoms with Gasteiger partial charge in [-0.2, -0.15) is 13.2 Å². The summed E-state index contributed by atoms with van der Waals surface area (Å²) in [5.74, 6) is -0.209. The lowest BCUT2D eigenvalue weighted by atomic mass is 9.83. The number of carbonyl (C=O) groups excluding carboxylic acids is 1. The van der Waals surface area contributed by atoms with Crippen LogP contribution in [-0.4, -0.2) is 27.2 Å². The van der Waals surface area contributed by atoms with Crippen LogP contribution in [0.15, 0.2) is 66.9 Å². The molecule has 1 amide bonds. The van der Waals surface area contributed by atoms with Crippen LogP contribution in [0, 0.1) is 5.92 Å². The van der Waals surface area contributed by atoms with Gasteiger partial charge >= 0.3 is 6.18 Å². The lowest BCUT2D eigenvalue weighted by Crippen LogP contribution is -2.37. The Morgan fingerprint density at radius 1 is 0.952 bits per heavy atom. The highest BCUT2D eigenvalue weighted by molar-refractivity contribution is 5.87. The van der Waals surface area contributed by atoms with Crippen molar-refractivity contribution < 1.29 is 23.1 Å². The molecule has 2 aromatic heterocycles. The summed E-state index contributed by atoms with van der Waals surface area (Å²) in [6.07, 6.45) is 4.13. The fourth-order valence-corrected chi connectivity index (χ4v) is 7.07. The number of aromatic nitrogens is 2. The first-order valence-corrected chi connectivity index (χ1v) is 15.0. The van der Waals surface area contributed by atoms with Gasteiger partial charge in [-0.25, -0.2) is 4.98 Å². The van der Waals surface area contributed by atoms with E-state index in [2.05, 4.69) is 10.3 Å². The maximum atomic E-state index is 14.0. The number of fused-ring (bicyclic) bond motifs is 3. The van der Waals surface area contributed by atoms with Crippen LogP contribution in [0.4, 0.5) is 13.2 Å². The van der Waals surface area contributed by atoms with E-state index in [9.17, 15) is 23.1 Å². The van der Waals surface area contributed by atoms with Crippen molar-refractivity contribution >= 4 is 16.9 Å². The molecule has 2 aromatic carbocycles. The van der Waals surface area contributed by atoms with E-state index in [0.717, 1.165) is 79.0 Å². The zero-order chi connectivity index (χ0) is 29.3. The van der Waals surface area contributed by atoms with Crippen LogP contribution in [-0.2, 0) is 30.4 Å². The molecule has 0 radical (unpaired) electrons. The van der Waals surface area contributed by atoms with Crippen LogP contribution >= 0.6 is 0 Å². The number of alkyl halides is 3. The maximum Gasteiger partial charge on any atom is 0.417 e. The number of hydrogen-bond donors (Lipinski definition) is 2. The molecule has 2 N–H and O–H groups in total. The molecule has 1 saturated carbocycles. The Hall–Kier alpha value is -3.65. The van der Waals surface area contributed by atoms with E-state index >= 15 is 0 Å². The number of rotatable bonds is 8. The van der Waals surface area contributed by atoms with Crippen molar-refractivity contribution in [1.82, 2.24) is 14.9 Å². The molecule has 1 unspecified atom stereocenters. The molecule has 0 spiro atoms. The first-order valence-electron chi connectivity index (χ1n) is 15.0. The number of nitrogens with one attached hydrogen (secondary N) is 1. The number of pyridine rings is 1. The van der Waals surface area contributed by atoms with Crippen molar-refractivity contribution in [3.8, 4) is 0 Å². The predicted octanol–water partition coefficient (Wildman–Crippen LogP) is 7.11. The highest BCUT2D eigenvalue weighted by atomic mass is 19.4. The number of nitrogens with zero attached hydrogens (tertiary/aromatic N) is 2. The van der Waals surface area contributed by atoms with Gasteiger partial charge in [0.2, 0.25) is 5.91 Å². The van der Waals surface area contributed by atoms with E-state index in [-0.39, 0.29) is 29.7 Å². The third-order valence-corrected chi connectivity index (χ3v) is 9.09. The molecule has 4 aromatic rings. The smallest absolute Gasteiger partial charge is 0.394 e. The second kappa shape index (κ2) is 11.9. The first kappa shape index (κ1) is 28.5. The third kappa shape index (κ3) is 5.56. The zero-order valence-corrected chi connectivity index (χ0v) is 23.5. The second-order valence-corrected chi connectivity index (χ2v) is 11.7. The largest absolute Gasteiger partial charge is 0.417 e. The van der Waals surface area contributed by atoms with Gasteiger partial charge in [-0.1, -0.05) is 67.4 Å². The summed E-state index contributed by atoms with van der Waals surface area (Å²) < 4.78 is 43.8. The third-order valence-electron chi connectivity index (χ3n) is 9.09. The van der Waals surface area contributed by atoms with Crippen molar-refractivity contribution in [3.63, 3.8) is 0 Å². The van der Waals surface area contributed by atoms with Gasteiger partial charge in [-0.3, -0.25) is 4.79 Å². The highest BCUT2D eigenvalue weighted by Crippen LogP contribution is 2.41. The molecule has 2 atom stereocenters. The Labute approximate surface area is 243 Å². The molecular weight excluding hydrogens is 539 g/mol. The zero-order valence-electron chi connectivity index (χ0n) is 23.5. The van der Waals surface area contributed by atoms with Gasteiger partial charge in [0, 0.05) is 23.8 Å². The Kier molecular flexibility index (Phi) is 8.08. The molecule has 8 heteroatoms. The predicted molar refractivity (Wildman–Crippen MR) is 156 cm³/mol. The molecule has 2 aliphatic rings. The number of halogens is 3. The molecule has 2 heterocycles. The number of aliphatic hydroxyl groups is 1. The van der Waals surface area contributed by atoms with Crippen molar-refractivity contribution in [2.45, 2.75) is 76.0 Å². The molecule has 220 valence electrons. The lowest BCUT2D eigenvalue weighted by Gasteiger charge is -2.26. The maximum absolute atomic E-state index is 14.0. The number of carbonyl (C=O) groups is 1. The molecule has 1 fully saturated rings. The van der Waals surface area contributed by atoms with Gasteiger partial charge < -0.3 is 15.0 Å². The molecular formula is C34H36F3N3O2. The first-order chi connectivity index (χ1) is 20.3. The van der Waals surface area contributed by atoms with E-state index in [1.165, 1.54) is 6.20 Å². The van der Waals surface area contributed by atoms with Crippen LogP contribution in [0.3, 0.4) is 0 Å². The minimum atomic E-state index is -4.44. The summed E-state index contributed by atoms with van der Waals surface area (Å²) >= 11 is 0. The topological polar surface area (TPSA) is 67.2 Å². The molecule has 0 aliphatic heterocycles. The van der Waals surface area contributed by atoms with Gasteiger partial charge in [-0.05, 0) is 72.8 Å². The van der Waals surface area contributed by atoms with Gasteiger partial charge in [0.1, 0.15) is 5.65 Å². The van der Waals surface area contributed by atoms with Crippen LogP contribution in [0.2, 0.25) is 0 Å². The Balaban J connectivity index is 1.29. The van der Waals surface area contributed by atoms with E-state index < -0.39 is 17.8 Å². The van der Waals surface area contributed by atoms with E-state index in [1.54, 1.807) is 0 Å². The van der Waals surface area contributed by atoms with Gasteiger partial charge in [0.25, 0.3) is 0 Å². The summed E-state index contributed by atoms with van der Waals surface area (Å²) in [6, 6.07) is 18.0. The van der Waals surface area contributed by atoms with Crippen LogP contribution in [0.5, 0.6) is 0 Å². The molecule has 6 rings (SSSR count). The Morgan fingerprint density at radius 3 is 2.36 bits per heavy atom. The second-order valence-electron chi connectivity index (χ2n) is 11.7. The molecule has 0 bridgehead atoms. The molecule has 42 heavy (non-hydrogen) atoms. The van der Waals surface area contributed by atoms with Crippen molar-refractivity contribution in [2.75, 3.05) is 6.61 Å². The van der Waals surface area contributed by atoms with Crippen LogP contribution in [0.1, 0.15) is 84.0 Å². The molecule has 0 saturated heterocycles. The quantitative estimate of drug-likeness (QED) is 0.235. The summed E-state index contributed by atoms with van der Waals surface area (Å²) in [6.45, 7) is 0.229. The fourth-order valence-electron chi connectivity index (χ4n) is 7.07. The Bertz CT molecular complexity index is 1540. The minimum Gasteiger partial charge on any atom is -0.394 e.